The van der Waals surface area contributed by atoms with Crippen molar-refractivity contribution in [3.8, 4) is 6.07 Å². The van der Waals surface area contributed by atoms with Gasteiger partial charge in [-0.25, -0.2) is 0 Å². The SMILES string of the molecule is Cc1ccc(C)c(SCCCCC(C)(C)C#N)c1. The van der Waals surface area contributed by atoms with Gasteiger partial charge in [0.15, 0.2) is 0 Å². The van der Waals surface area contributed by atoms with Crippen molar-refractivity contribution in [3.63, 3.8) is 0 Å². The molecule has 0 atom stereocenters. The Labute approximate surface area is 116 Å². The van der Waals surface area contributed by atoms with Gasteiger partial charge in [0.25, 0.3) is 0 Å². The number of hydrogen-bond donors (Lipinski definition) is 0. The highest BCUT2D eigenvalue weighted by molar-refractivity contribution is 7.99. The minimum Gasteiger partial charge on any atom is -0.198 e. The van der Waals surface area contributed by atoms with E-state index in [0.717, 1.165) is 18.6 Å². The Kier molecular flexibility index (Phi) is 5.75. The molecular weight excluding hydrogens is 238 g/mol. The van der Waals surface area contributed by atoms with E-state index in [1.54, 1.807) is 0 Å². The van der Waals surface area contributed by atoms with Gasteiger partial charge in [0.2, 0.25) is 0 Å². The molecule has 0 aliphatic rings. The summed E-state index contributed by atoms with van der Waals surface area (Å²) in [4.78, 5) is 1.40. The molecule has 0 unspecified atom stereocenters. The van der Waals surface area contributed by atoms with Crippen LogP contribution in [0.4, 0.5) is 0 Å². The quantitative estimate of drug-likeness (QED) is 0.524. The Morgan fingerprint density at radius 3 is 2.61 bits per heavy atom. The van der Waals surface area contributed by atoms with E-state index >= 15 is 0 Å². The van der Waals surface area contributed by atoms with Crippen LogP contribution in [0, 0.1) is 30.6 Å². The van der Waals surface area contributed by atoms with E-state index in [1.807, 2.05) is 25.6 Å². The third-order valence-electron chi connectivity index (χ3n) is 3.10. The maximum absolute atomic E-state index is 8.94. The minimum absolute atomic E-state index is 0.163. The number of aryl methyl sites for hydroxylation is 2. The average Bonchev–Trinajstić information content (AvgIpc) is 2.33. The lowest BCUT2D eigenvalue weighted by Crippen LogP contribution is -2.07. The first kappa shape index (κ1) is 15.1. The predicted molar refractivity (Wildman–Crippen MR) is 79.9 cm³/mol. The molecule has 1 rings (SSSR count). The lowest BCUT2D eigenvalue weighted by molar-refractivity contribution is 0.433. The summed E-state index contributed by atoms with van der Waals surface area (Å²) in [6.07, 6.45) is 3.32. The maximum atomic E-state index is 8.94. The van der Waals surface area contributed by atoms with Crippen LogP contribution in [0.1, 0.15) is 44.2 Å². The van der Waals surface area contributed by atoms with Crippen molar-refractivity contribution in [3.05, 3.63) is 29.3 Å². The van der Waals surface area contributed by atoms with Gasteiger partial charge in [0.05, 0.1) is 11.5 Å². The van der Waals surface area contributed by atoms with Crippen molar-refractivity contribution in [2.45, 2.75) is 51.9 Å². The lowest BCUT2D eigenvalue weighted by Gasteiger charge is -2.14. The first-order valence-corrected chi connectivity index (χ1v) is 7.54. The van der Waals surface area contributed by atoms with Crippen LogP contribution in [0.15, 0.2) is 23.1 Å². The van der Waals surface area contributed by atoms with E-state index in [9.17, 15) is 0 Å². The van der Waals surface area contributed by atoms with Gasteiger partial charge in [-0.15, -0.1) is 11.8 Å². The van der Waals surface area contributed by atoms with Gasteiger partial charge in [-0.3, -0.25) is 0 Å². The molecular formula is C16H23NS. The minimum atomic E-state index is -0.163. The average molecular weight is 261 g/mol. The summed E-state index contributed by atoms with van der Waals surface area (Å²) in [7, 11) is 0. The van der Waals surface area contributed by atoms with Gasteiger partial charge in [-0.1, -0.05) is 24.1 Å². The number of rotatable bonds is 6. The largest absolute Gasteiger partial charge is 0.198 e. The fourth-order valence-corrected chi connectivity index (χ4v) is 2.90. The van der Waals surface area contributed by atoms with Crippen LogP contribution in [-0.4, -0.2) is 5.75 Å². The topological polar surface area (TPSA) is 23.8 Å². The summed E-state index contributed by atoms with van der Waals surface area (Å²) >= 11 is 1.94. The molecule has 0 N–H and O–H groups in total. The Bertz CT molecular complexity index is 429. The summed E-state index contributed by atoms with van der Waals surface area (Å²) in [6.45, 7) is 8.34. The molecule has 0 saturated heterocycles. The van der Waals surface area contributed by atoms with Crippen molar-refractivity contribution in [2.75, 3.05) is 5.75 Å². The second-order valence-electron chi connectivity index (χ2n) is 5.57. The number of nitrogens with zero attached hydrogens (tertiary/aromatic N) is 1. The Balaban J connectivity index is 2.30. The Hall–Kier alpha value is -0.940. The highest BCUT2D eigenvalue weighted by Crippen LogP contribution is 2.26. The Morgan fingerprint density at radius 2 is 1.94 bits per heavy atom. The van der Waals surface area contributed by atoms with E-state index in [-0.39, 0.29) is 5.41 Å². The molecule has 0 aliphatic heterocycles. The van der Waals surface area contributed by atoms with Crippen molar-refractivity contribution in [1.82, 2.24) is 0 Å². The summed E-state index contributed by atoms with van der Waals surface area (Å²) in [6, 6.07) is 8.98. The van der Waals surface area contributed by atoms with Crippen LogP contribution in [0.3, 0.4) is 0 Å². The monoisotopic (exact) mass is 261 g/mol. The molecule has 98 valence electrons. The molecule has 0 bridgehead atoms. The Morgan fingerprint density at radius 1 is 1.22 bits per heavy atom. The number of unbranched alkanes of at least 4 members (excludes halogenated alkanes) is 1. The number of thioether (sulfide) groups is 1. The molecule has 18 heavy (non-hydrogen) atoms. The molecule has 1 aromatic carbocycles. The van der Waals surface area contributed by atoms with E-state index < -0.39 is 0 Å². The predicted octanol–water partition coefficient (Wildman–Crippen LogP) is 5.12. The molecule has 0 radical (unpaired) electrons. The molecule has 1 nitrogen and oxygen atoms in total. The van der Waals surface area contributed by atoms with Gasteiger partial charge in [0.1, 0.15) is 0 Å². The number of hydrogen-bond acceptors (Lipinski definition) is 2. The van der Waals surface area contributed by atoms with Crippen LogP contribution in [0.25, 0.3) is 0 Å². The molecule has 0 spiro atoms. The smallest absolute Gasteiger partial charge is 0.0683 e. The lowest BCUT2D eigenvalue weighted by atomic mass is 9.89. The fourth-order valence-electron chi connectivity index (χ4n) is 1.77. The first-order valence-electron chi connectivity index (χ1n) is 6.56. The standard InChI is InChI=1S/C16H23NS/c1-13-7-8-14(2)15(11-13)18-10-6-5-9-16(3,4)12-17/h7-8,11H,5-6,9-10H2,1-4H3. The zero-order valence-corrected chi connectivity index (χ0v) is 12.7. The molecule has 0 heterocycles. The molecule has 1 aromatic rings. The molecule has 2 heteroatoms. The molecule has 0 fully saturated rings. The molecule has 0 aromatic heterocycles. The normalized spacial score (nSPS) is 11.3. The van der Waals surface area contributed by atoms with Gasteiger partial charge < -0.3 is 0 Å². The van der Waals surface area contributed by atoms with Crippen LogP contribution >= 0.6 is 11.8 Å². The van der Waals surface area contributed by atoms with Crippen LogP contribution in [0.2, 0.25) is 0 Å². The van der Waals surface area contributed by atoms with Gasteiger partial charge in [-0.2, -0.15) is 5.26 Å². The van der Waals surface area contributed by atoms with Crippen molar-refractivity contribution in [1.29, 1.82) is 5.26 Å². The number of nitriles is 1. The molecule has 0 saturated carbocycles. The van der Waals surface area contributed by atoms with Gasteiger partial charge >= 0.3 is 0 Å². The van der Waals surface area contributed by atoms with E-state index in [2.05, 4.69) is 38.1 Å². The summed E-state index contributed by atoms with van der Waals surface area (Å²) in [5, 5.41) is 8.94. The third kappa shape index (κ3) is 5.14. The van der Waals surface area contributed by atoms with Crippen molar-refractivity contribution in [2.24, 2.45) is 5.41 Å². The second kappa shape index (κ2) is 6.85. The zero-order valence-electron chi connectivity index (χ0n) is 11.9. The highest BCUT2D eigenvalue weighted by Gasteiger charge is 2.15. The van der Waals surface area contributed by atoms with E-state index in [0.29, 0.717) is 0 Å². The van der Waals surface area contributed by atoms with Gasteiger partial charge in [0, 0.05) is 4.90 Å². The summed E-state index contributed by atoms with van der Waals surface area (Å²) in [5.41, 5.74) is 2.53. The van der Waals surface area contributed by atoms with E-state index in [1.165, 1.54) is 22.4 Å². The van der Waals surface area contributed by atoms with Crippen LogP contribution < -0.4 is 0 Å². The highest BCUT2D eigenvalue weighted by atomic mass is 32.2. The number of benzene rings is 1. The van der Waals surface area contributed by atoms with Crippen molar-refractivity contribution >= 4 is 11.8 Å². The molecule has 0 amide bonds. The third-order valence-corrected chi connectivity index (χ3v) is 4.34. The van der Waals surface area contributed by atoms with E-state index in [4.69, 9.17) is 5.26 Å². The van der Waals surface area contributed by atoms with Crippen LogP contribution in [0.5, 0.6) is 0 Å². The maximum Gasteiger partial charge on any atom is 0.0683 e. The van der Waals surface area contributed by atoms with Gasteiger partial charge in [-0.05, 0) is 57.9 Å². The summed E-state index contributed by atoms with van der Waals surface area (Å²) in [5.74, 6) is 1.14. The zero-order chi connectivity index (χ0) is 13.6. The van der Waals surface area contributed by atoms with Crippen molar-refractivity contribution < 1.29 is 0 Å². The summed E-state index contributed by atoms with van der Waals surface area (Å²) < 4.78 is 0. The second-order valence-corrected chi connectivity index (χ2v) is 6.71. The molecule has 0 aliphatic carbocycles. The first-order chi connectivity index (χ1) is 8.44. The van der Waals surface area contributed by atoms with Crippen LogP contribution in [-0.2, 0) is 0 Å². The fraction of sp³-hybridized carbons (Fsp3) is 0.562.